The van der Waals surface area contributed by atoms with Gasteiger partial charge in [-0.1, -0.05) is 6.07 Å². The van der Waals surface area contributed by atoms with Crippen LogP contribution in [0.1, 0.15) is 18.4 Å². The number of nitrogens with one attached hydrogen (secondary N) is 1. The minimum atomic E-state index is -1.13. The maximum atomic E-state index is 14.0. The minimum absolute atomic E-state index is 0.131. The van der Waals surface area contributed by atoms with Crippen molar-refractivity contribution in [1.82, 2.24) is 10.2 Å². The lowest BCUT2D eigenvalue weighted by Crippen LogP contribution is -2.46. The summed E-state index contributed by atoms with van der Waals surface area (Å²) in [5, 5.41) is 11.5. The molecule has 0 atom stereocenters. The topological polar surface area (TPSA) is 78.9 Å². The Morgan fingerprint density at radius 3 is 2.62 bits per heavy atom. The molecule has 0 aliphatic heterocycles. The molecule has 8 heteroatoms. The highest BCUT2D eigenvalue weighted by Crippen LogP contribution is 2.48. The largest absolute Gasteiger partial charge is 0.480 e. The molecular weight excluding hydrogens is 322 g/mol. The molecule has 1 aromatic carbocycles. The van der Waals surface area contributed by atoms with Crippen molar-refractivity contribution in [2.75, 3.05) is 33.4 Å². The van der Waals surface area contributed by atoms with Crippen molar-refractivity contribution in [3.63, 3.8) is 0 Å². The van der Waals surface area contributed by atoms with Crippen LogP contribution in [0.25, 0.3) is 0 Å². The van der Waals surface area contributed by atoms with Crippen LogP contribution in [-0.4, -0.2) is 55.4 Å². The Balaban J connectivity index is 2.00. The molecule has 0 bridgehead atoms. The number of hydrogen-bond acceptors (Lipinski definition) is 3. The molecular formula is C16H20F2N2O4. The lowest BCUT2D eigenvalue weighted by molar-refractivity contribution is -0.137. The van der Waals surface area contributed by atoms with Gasteiger partial charge in [-0.25, -0.2) is 13.6 Å². The summed E-state index contributed by atoms with van der Waals surface area (Å²) in [5.41, 5.74) is -0.185. The molecule has 0 aromatic heterocycles. The fourth-order valence-electron chi connectivity index (χ4n) is 2.59. The number of halogens is 2. The van der Waals surface area contributed by atoms with Gasteiger partial charge >= 0.3 is 12.0 Å². The summed E-state index contributed by atoms with van der Waals surface area (Å²) >= 11 is 0. The number of ether oxygens (including phenoxy) is 1. The molecule has 1 saturated carbocycles. The average Bonchev–Trinajstić information content (AvgIpc) is 3.29. The second-order valence-electron chi connectivity index (χ2n) is 5.87. The summed E-state index contributed by atoms with van der Waals surface area (Å²) in [4.78, 5) is 24.1. The van der Waals surface area contributed by atoms with E-state index >= 15 is 0 Å². The molecule has 24 heavy (non-hydrogen) atoms. The van der Waals surface area contributed by atoms with E-state index in [4.69, 9.17) is 9.84 Å². The fraction of sp³-hybridized carbons (Fsp3) is 0.500. The molecule has 2 N–H and O–H groups in total. The second kappa shape index (κ2) is 7.57. The van der Waals surface area contributed by atoms with E-state index in [0.29, 0.717) is 18.4 Å². The van der Waals surface area contributed by atoms with E-state index in [1.807, 2.05) is 0 Å². The Morgan fingerprint density at radius 2 is 2.08 bits per heavy atom. The first-order valence-electron chi connectivity index (χ1n) is 7.57. The van der Waals surface area contributed by atoms with Crippen molar-refractivity contribution in [2.24, 2.45) is 0 Å². The third-order valence-electron chi connectivity index (χ3n) is 4.11. The van der Waals surface area contributed by atoms with Gasteiger partial charge in [0.2, 0.25) is 0 Å². The lowest BCUT2D eigenvalue weighted by atomic mass is 9.95. The van der Waals surface area contributed by atoms with Gasteiger partial charge < -0.3 is 20.1 Å². The maximum Gasteiger partial charge on any atom is 0.323 e. The van der Waals surface area contributed by atoms with Gasteiger partial charge in [0.05, 0.1) is 6.61 Å². The first-order chi connectivity index (χ1) is 11.4. The number of carboxylic acids is 1. The quantitative estimate of drug-likeness (QED) is 0.754. The third kappa shape index (κ3) is 4.41. The van der Waals surface area contributed by atoms with Crippen LogP contribution in [0.15, 0.2) is 18.2 Å². The predicted molar refractivity (Wildman–Crippen MR) is 81.8 cm³/mol. The molecule has 132 valence electrons. The van der Waals surface area contributed by atoms with Gasteiger partial charge in [-0.3, -0.25) is 4.79 Å². The Morgan fingerprint density at radius 1 is 1.38 bits per heavy atom. The average molecular weight is 342 g/mol. The van der Waals surface area contributed by atoms with Crippen molar-refractivity contribution >= 4 is 12.0 Å². The van der Waals surface area contributed by atoms with Crippen molar-refractivity contribution in [3.8, 4) is 0 Å². The number of amides is 2. The molecule has 0 spiro atoms. The number of aliphatic carboxylic acids is 1. The molecule has 1 aromatic rings. The highest BCUT2D eigenvalue weighted by atomic mass is 19.1. The first-order valence-corrected chi connectivity index (χ1v) is 7.57. The Bertz CT molecular complexity index is 620. The number of carboxylic acid groups (broad SMARTS) is 1. The monoisotopic (exact) mass is 342 g/mol. The van der Waals surface area contributed by atoms with Crippen LogP contribution >= 0.6 is 0 Å². The second-order valence-corrected chi connectivity index (χ2v) is 5.87. The van der Waals surface area contributed by atoms with Crippen molar-refractivity contribution < 1.29 is 28.2 Å². The summed E-state index contributed by atoms with van der Waals surface area (Å²) in [5.74, 6) is -2.42. The van der Waals surface area contributed by atoms with E-state index in [1.165, 1.54) is 19.2 Å². The van der Waals surface area contributed by atoms with Crippen LogP contribution in [0, 0.1) is 11.6 Å². The van der Waals surface area contributed by atoms with Crippen LogP contribution < -0.4 is 5.32 Å². The normalized spacial score (nSPS) is 15.0. The Kier molecular flexibility index (Phi) is 5.71. The molecule has 0 saturated heterocycles. The SMILES string of the molecule is COCCN(CC(=O)O)C(=O)NCC1(c2ccc(F)cc2F)CC1. The van der Waals surface area contributed by atoms with Crippen molar-refractivity contribution in [3.05, 3.63) is 35.4 Å². The van der Waals surface area contributed by atoms with Gasteiger partial charge in [0.25, 0.3) is 0 Å². The number of hydrogen-bond donors (Lipinski definition) is 2. The van der Waals surface area contributed by atoms with Crippen molar-refractivity contribution in [2.45, 2.75) is 18.3 Å². The Hall–Kier alpha value is -2.22. The highest BCUT2D eigenvalue weighted by molar-refractivity contribution is 5.80. The van der Waals surface area contributed by atoms with E-state index in [0.717, 1.165) is 11.0 Å². The zero-order chi connectivity index (χ0) is 17.7. The molecule has 1 aliphatic carbocycles. The number of carbonyl (C=O) groups is 2. The minimum Gasteiger partial charge on any atom is -0.480 e. The van der Waals surface area contributed by atoms with Gasteiger partial charge in [0, 0.05) is 31.7 Å². The molecule has 1 fully saturated rings. The molecule has 1 aliphatic rings. The molecule has 0 unspecified atom stereocenters. The highest BCUT2D eigenvalue weighted by Gasteiger charge is 2.46. The zero-order valence-electron chi connectivity index (χ0n) is 13.3. The number of rotatable bonds is 8. The van der Waals surface area contributed by atoms with E-state index in [9.17, 15) is 18.4 Å². The lowest BCUT2D eigenvalue weighted by Gasteiger charge is -2.23. The van der Waals surface area contributed by atoms with Gasteiger partial charge in [0.1, 0.15) is 18.2 Å². The molecule has 2 rings (SSSR count). The van der Waals surface area contributed by atoms with Gasteiger partial charge in [-0.05, 0) is 24.5 Å². The third-order valence-corrected chi connectivity index (χ3v) is 4.11. The van der Waals surface area contributed by atoms with Gasteiger partial charge in [0.15, 0.2) is 0 Å². The van der Waals surface area contributed by atoms with E-state index in [1.54, 1.807) is 0 Å². The molecule has 2 amide bonds. The fourth-order valence-corrected chi connectivity index (χ4v) is 2.59. The van der Waals surface area contributed by atoms with Crippen LogP contribution in [-0.2, 0) is 14.9 Å². The first kappa shape index (κ1) is 18.1. The molecule has 0 radical (unpaired) electrons. The standard InChI is InChI=1S/C16H20F2N2O4/c1-24-7-6-20(9-14(21)22)15(23)19-10-16(4-5-16)12-3-2-11(17)8-13(12)18/h2-3,8H,4-7,9-10H2,1H3,(H,19,23)(H,21,22). The Labute approximate surface area is 138 Å². The summed E-state index contributed by atoms with van der Waals surface area (Å²) in [6, 6.07) is 2.86. The van der Waals surface area contributed by atoms with Gasteiger partial charge in [-0.15, -0.1) is 0 Å². The van der Waals surface area contributed by atoms with Crippen LogP contribution in [0.4, 0.5) is 13.6 Å². The summed E-state index contributed by atoms with van der Waals surface area (Å²) in [7, 11) is 1.45. The summed E-state index contributed by atoms with van der Waals surface area (Å²) < 4.78 is 31.8. The van der Waals surface area contributed by atoms with Crippen LogP contribution in [0.3, 0.4) is 0 Å². The molecule has 0 heterocycles. The van der Waals surface area contributed by atoms with Crippen LogP contribution in [0.2, 0.25) is 0 Å². The summed E-state index contributed by atoms with van der Waals surface area (Å²) in [6.07, 6.45) is 1.35. The zero-order valence-corrected chi connectivity index (χ0v) is 13.3. The number of methoxy groups -OCH3 is 1. The van der Waals surface area contributed by atoms with Crippen molar-refractivity contribution in [1.29, 1.82) is 0 Å². The van der Waals surface area contributed by atoms with E-state index < -0.39 is 35.6 Å². The maximum absolute atomic E-state index is 14.0. The van der Waals surface area contributed by atoms with E-state index in [2.05, 4.69) is 5.32 Å². The smallest absolute Gasteiger partial charge is 0.323 e. The number of benzene rings is 1. The van der Waals surface area contributed by atoms with E-state index in [-0.39, 0.29) is 19.7 Å². The summed E-state index contributed by atoms with van der Waals surface area (Å²) in [6.45, 7) is 0.0512. The van der Waals surface area contributed by atoms with Crippen LogP contribution in [0.5, 0.6) is 0 Å². The predicted octanol–water partition coefficient (Wildman–Crippen LogP) is 1.74. The number of nitrogens with zero attached hydrogens (tertiary/aromatic N) is 1. The van der Waals surface area contributed by atoms with Gasteiger partial charge in [-0.2, -0.15) is 0 Å². The number of urea groups is 1. The molecule has 6 nitrogen and oxygen atoms in total. The number of carbonyl (C=O) groups excluding carboxylic acids is 1.